The number of rotatable bonds is 4. The molecule has 0 N–H and O–H groups in total. The Morgan fingerprint density at radius 2 is 1.67 bits per heavy atom. The van der Waals surface area contributed by atoms with Gasteiger partial charge in [-0.05, 0) is 6.92 Å². The van der Waals surface area contributed by atoms with Crippen LogP contribution in [0.4, 0.5) is 0 Å². The highest BCUT2D eigenvalue weighted by Crippen LogP contribution is 2.18. The molecule has 1 aliphatic rings. The Morgan fingerprint density at radius 1 is 1.20 bits per heavy atom. The monoisotopic (exact) mass is 217 g/mol. The van der Waals surface area contributed by atoms with Crippen LogP contribution in [-0.4, -0.2) is 63.5 Å². The number of carbonyl (C=O) groups is 1. The van der Waals surface area contributed by atoms with Gasteiger partial charge in [0, 0.05) is 27.3 Å². The van der Waals surface area contributed by atoms with Crippen molar-refractivity contribution in [3.05, 3.63) is 0 Å². The van der Waals surface area contributed by atoms with Gasteiger partial charge in [0.2, 0.25) is 0 Å². The summed E-state index contributed by atoms with van der Waals surface area (Å²) in [5.74, 6) is -0.221. The Balaban J connectivity index is 2.56. The molecule has 1 rings (SSSR count). The lowest BCUT2D eigenvalue weighted by molar-refractivity contribution is -0.146. The fourth-order valence-corrected chi connectivity index (χ4v) is 1.86. The highest BCUT2D eigenvalue weighted by Gasteiger charge is 2.37. The molecule has 0 aromatic carbocycles. The predicted octanol–water partition coefficient (Wildman–Crippen LogP) is -0.106. The summed E-state index contributed by atoms with van der Waals surface area (Å²) in [6.07, 6.45) is 0.0595. The summed E-state index contributed by atoms with van der Waals surface area (Å²) in [5.41, 5.74) is 0. The largest absolute Gasteiger partial charge is 0.468 e. The zero-order valence-corrected chi connectivity index (χ0v) is 9.73. The summed E-state index contributed by atoms with van der Waals surface area (Å²) in [6.45, 7) is 3.23. The molecule has 1 heterocycles. The molecule has 3 unspecified atom stereocenters. The van der Waals surface area contributed by atoms with Crippen molar-refractivity contribution in [2.75, 3.05) is 34.4 Å². The van der Waals surface area contributed by atoms with Gasteiger partial charge in [-0.2, -0.15) is 0 Å². The van der Waals surface area contributed by atoms with E-state index in [1.165, 1.54) is 7.11 Å². The van der Waals surface area contributed by atoms with Crippen LogP contribution in [-0.2, 0) is 19.0 Å². The number of likely N-dealkylation sites (tertiary alicyclic amines) is 1. The average molecular weight is 217 g/mol. The summed E-state index contributed by atoms with van der Waals surface area (Å²) >= 11 is 0. The summed E-state index contributed by atoms with van der Waals surface area (Å²) in [4.78, 5) is 13.4. The molecular weight excluding hydrogens is 198 g/mol. The molecule has 0 saturated carbocycles. The van der Waals surface area contributed by atoms with E-state index in [0.29, 0.717) is 13.1 Å². The zero-order chi connectivity index (χ0) is 11.4. The van der Waals surface area contributed by atoms with E-state index in [1.807, 2.05) is 11.8 Å². The van der Waals surface area contributed by atoms with Crippen molar-refractivity contribution >= 4 is 5.97 Å². The smallest absolute Gasteiger partial charge is 0.322 e. The van der Waals surface area contributed by atoms with E-state index in [9.17, 15) is 4.79 Å². The third-order valence-electron chi connectivity index (χ3n) is 2.94. The maximum absolute atomic E-state index is 11.3. The lowest BCUT2D eigenvalue weighted by Gasteiger charge is -2.21. The first kappa shape index (κ1) is 12.4. The number of hydrogen-bond acceptors (Lipinski definition) is 5. The first-order valence-corrected chi connectivity index (χ1v) is 5.01. The lowest BCUT2D eigenvalue weighted by Crippen LogP contribution is -2.38. The minimum absolute atomic E-state index is 0.0297. The second-order valence-electron chi connectivity index (χ2n) is 3.70. The molecule has 0 spiro atoms. The van der Waals surface area contributed by atoms with Gasteiger partial charge in [-0.1, -0.05) is 0 Å². The Labute approximate surface area is 90.3 Å². The maximum Gasteiger partial charge on any atom is 0.322 e. The third kappa shape index (κ3) is 2.68. The van der Waals surface area contributed by atoms with Crippen LogP contribution in [0.3, 0.4) is 0 Å². The van der Waals surface area contributed by atoms with Crippen LogP contribution < -0.4 is 0 Å². The summed E-state index contributed by atoms with van der Waals surface area (Å²) in [7, 11) is 4.71. The van der Waals surface area contributed by atoms with Gasteiger partial charge in [-0.3, -0.25) is 9.69 Å². The molecule has 0 bridgehead atoms. The molecule has 1 saturated heterocycles. The van der Waals surface area contributed by atoms with Crippen molar-refractivity contribution in [1.82, 2.24) is 4.90 Å². The molecule has 1 fully saturated rings. The molecule has 0 aromatic rings. The van der Waals surface area contributed by atoms with Crippen LogP contribution in [0.2, 0.25) is 0 Å². The first-order valence-electron chi connectivity index (χ1n) is 5.01. The number of hydrogen-bond donors (Lipinski definition) is 0. The van der Waals surface area contributed by atoms with Crippen molar-refractivity contribution < 1.29 is 19.0 Å². The van der Waals surface area contributed by atoms with Gasteiger partial charge in [-0.25, -0.2) is 0 Å². The molecular formula is C10H19NO4. The van der Waals surface area contributed by atoms with Crippen LogP contribution in [0.5, 0.6) is 0 Å². The first-order chi connectivity index (χ1) is 7.13. The van der Waals surface area contributed by atoms with Crippen molar-refractivity contribution in [3.8, 4) is 0 Å². The Bertz CT molecular complexity index is 209. The van der Waals surface area contributed by atoms with E-state index >= 15 is 0 Å². The van der Waals surface area contributed by atoms with E-state index in [0.717, 1.165) is 0 Å². The minimum Gasteiger partial charge on any atom is -0.468 e. The number of ether oxygens (including phenoxy) is 3. The fourth-order valence-electron chi connectivity index (χ4n) is 1.86. The van der Waals surface area contributed by atoms with Crippen LogP contribution in [0.1, 0.15) is 6.92 Å². The van der Waals surface area contributed by atoms with Gasteiger partial charge in [-0.15, -0.1) is 0 Å². The summed E-state index contributed by atoms with van der Waals surface area (Å²) in [5, 5.41) is 0. The second kappa shape index (κ2) is 5.44. The lowest BCUT2D eigenvalue weighted by atomic mass is 10.3. The van der Waals surface area contributed by atoms with Crippen LogP contribution >= 0.6 is 0 Å². The van der Waals surface area contributed by atoms with E-state index in [1.54, 1.807) is 14.2 Å². The maximum atomic E-state index is 11.3. The van der Waals surface area contributed by atoms with Gasteiger partial charge in [0.15, 0.2) is 0 Å². The second-order valence-corrected chi connectivity index (χ2v) is 3.70. The highest BCUT2D eigenvalue weighted by atomic mass is 16.5. The fraction of sp³-hybridized carbons (Fsp3) is 0.900. The summed E-state index contributed by atoms with van der Waals surface area (Å²) < 4.78 is 15.3. The number of nitrogens with zero attached hydrogens (tertiary/aromatic N) is 1. The molecule has 0 aromatic heterocycles. The van der Waals surface area contributed by atoms with Crippen LogP contribution in [0.25, 0.3) is 0 Å². The molecule has 0 aliphatic carbocycles. The highest BCUT2D eigenvalue weighted by molar-refractivity contribution is 5.75. The molecule has 0 radical (unpaired) electrons. The van der Waals surface area contributed by atoms with Crippen molar-refractivity contribution in [2.45, 2.75) is 25.2 Å². The number of methoxy groups -OCH3 is 3. The van der Waals surface area contributed by atoms with E-state index in [-0.39, 0.29) is 24.2 Å². The predicted molar refractivity (Wildman–Crippen MR) is 54.6 cm³/mol. The van der Waals surface area contributed by atoms with Crippen molar-refractivity contribution in [1.29, 1.82) is 0 Å². The standard InChI is InChI=1S/C10H19NO4/c1-7(10(12)15-4)11-5-8(13-2)9(6-11)14-3/h7-9H,5-6H2,1-4H3. The topological polar surface area (TPSA) is 48.0 Å². The van der Waals surface area contributed by atoms with Gasteiger partial charge >= 0.3 is 5.97 Å². The Morgan fingerprint density at radius 3 is 2.00 bits per heavy atom. The number of carbonyl (C=O) groups excluding carboxylic acids is 1. The molecule has 5 heteroatoms. The van der Waals surface area contributed by atoms with Gasteiger partial charge < -0.3 is 14.2 Å². The molecule has 0 amide bonds. The van der Waals surface area contributed by atoms with Gasteiger partial charge in [0.05, 0.1) is 19.3 Å². The molecule has 1 aliphatic heterocycles. The van der Waals surface area contributed by atoms with Gasteiger partial charge in [0.1, 0.15) is 6.04 Å². The van der Waals surface area contributed by atoms with Crippen molar-refractivity contribution in [2.24, 2.45) is 0 Å². The molecule has 88 valence electrons. The van der Waals surface area contributed by atoms with E-state index in [2.05, 4.69) is 0 Å². The third-order valence-corrected chi connectivity index (χ3v) is 2.94. The Hall–Kier alpha value is -0.650. The average Bonchev–Trinajstić information content (AvgIpc) is 2.69. The summed E-state index contributed by atoms with van der Waals surface area (Å²) in [6, 6.07) is -0.243. The van der Waals surface area contributed by atoms with Crippen molar-refractivity contribution in [3.63, 3.8) is 0 Å². The minimum atomic E-state index is -0.243. The van der Waals surface area contributed by atoms with E-state index in [4.69, 9.17) is 14.2 Å². The van der Waals surface area contributed by atoms with E-state index < -0.39 is 0 Å². The molecule has 3 atom stereocenters. The molecule has 15 heavy (non-hydrogen) atoms. The van der Waals surface area contributed by atoms with Gasteiger partial charge in [0.25, 0.3) is 0 Å². The van der Waals surface area contributed by atoms with Crippen LogP contribution in [0.15, 0.2) is 0 Å². The Kier molecular flexibility index (Phi) is 4.50. The zero-order valence-electron chi connectivity index (χ0n) is 9.73. The van der Waals surface area contributed by atoms with Crippen LogP contribution in [0, 0.1) is 0 Å². The normalized spacial score (nSPS) is 29.1. The quantitative estimate of drug-likeness (QED) is 0.615. The SMILES string of the molecule is COC(=O)C(C)N1CC(OC)C(OC)C1. The number of esters is 1. The molecule has 5 nitrogen and oxygen atoms in total.